The van der Waals surface area contributed by atoms with Crippen molar-refractivity contribution >= 4 is 56.2 Å². The van der Waals surface area contributed by atoms with E-state index in [-0.39, 0.29) is 22.8 Å². The molecule has 0 aliphatic rings. The highest BCUT2D eigenvalue weighted by Gasteiger charge is 2.42. The molecule has 0 radical (unpaired) electrons. The van der Waals surface area contributed by atoms with E-state index >= 15 is 26.3 Å². The van der Waals surface area contributed by atoms with E-state index in [0.717, 1.165) is 6.07 Å². The van der Waals surface area contributed by atoms with Crippen LogP contribution in [0.1, 0.15) is 29.2 Å². The predicted octanol–water partition coefficient (Wildman–Crippen LogP) is 13.8. The first-order chi connectivity index (χ1) is 35.4. The van der Waals surface area contributed by atoms with Gasteiger partial charge in [0.05, 0.1) is 44.6 Å². The lowest BCUT2D eigenvalue weighted by Gasteiger charge is -2.24. The van der Waals surface area contributed by atoms with Crippen LogP contribution in [-0.4, -0.2) is 51.6 Å². The van der Waals surface area contributed by atoms with Gasteiger partial charge in [-0.1, -0.05) is 66.7 Å². The van der Waals surface area contributed by atoms with Crippen molar-refractivity contribution in [3.8, 4) is 62.7 Å². The molecular formula is C56H33F6N11. The summed E-state index contributed by atoms with van der Waals surface area (Å²) in [7, 11) is 0. The van der Waals surface area contributed by atoms with E-state index in [1.807, 2.05) is 30.3 Å². The van der Waals surface area contributed by atoms with Crippen LogP contribution in [-0.2, 0) is 12.4 Å². The second-order valence-electron chi connectivity index (χ2n) is 16.6. The molecule has 73 heavy (non-hydrogen) atoms. The molecular weight excluding hydrogens is 941 g/mol. The number of alkyl halides is 6. The summed E-state index contributed by atoms with van der Waals surface area (Å²) in [5.41, 5.74) is -1.58. The minimum atomic E-state index is -5.29. The van der Waals surface area contributed by atoms with Crippen molar-refractivity contribution in [2.45, 2.75) is 19.3 Å². The molecule has 0 bridgehead atoms. The van der Waals surface area contributed by atoms with E-state index in [1.54, 1.807) is 126 Å². The first-order valence-corrected chi connectivity index (χ1v) is 22.4. The second-order valence-corrected chi connectivity index (χ2v) is 16.6. The van der Waals surface area contributed by atoms with Crippen molar-refractivity contribution in [1.29, 1.82) is 5.26 Å². The van der Waals surface area contributed by atoms with Crippen molar-refractivity contribution in [1.82, 2.24) is 39.0 Å². The van der Waals surface area contributed by atoms with Gasteiger partial charge in [0.2, 0.25) is 0 Å². The molecule has 0 fully saturated rings. The maximum Gasteiger partial charge on any atom is 0.417 e. The molecule has 0 aliphatic carbocycles. The Hall–Kier alpha value is -9.69. The second kappa shape index (κ2) is 17.9. The Bertz CT molecular complexity index is 3970. The molecule has 5 aromatic heterocycles. The number of fused-ring (bicyclic) bond motifs is 6. The molecule has 0 spiro atoms. The lowest BCUT2D eigenvalue weighted by Crippen LogP contribution is -2.16. The summed E-state index contributed by atoms with van der Waals surface area (Å²) in [6.07, 6.45) is 2.05. The van der Waals surface area contributed by atoms with Gasteiger partial charge in [0.1, 0.15) is 11.6 Å². The lowest BCUT2D eigenvalue weighted by atomic mass is 9.90. The molecule has 17 heteroatoms. The molecule has 0 aliphatic heterocycles. The quantitative estimate of drug-likeness (QED) is 0.0840. The number of benzene rings is 6. The summed E-state index contributed by atoms with van der Waals surface area (Å²) in [5, 5.41) is 14.3. The van der Waals surface area contributed by atoms with Gasteiger partial charge in [-0.15, -0.1) is 0 Å². The summed E-state index contributed by atoms with van der Waals surface area (Å²) in [6.45, 7) is 5.53. The van der Waals surface area contributed by atoms with Gasteiger partial charge in [-0.2, -0.15) is 31.6 Å². The third-order valence-corrected chi connectivity index (χ3v) is 12.4. The number of aromatic nitrogens is 8. The molecule has 0 amide bonds. The molecule has 0 saturated carbocycles. The Labute approximate surface area is 410 Å². The molecule has 0 unspecified atom stereocenters. The molecule has 354 valence electrons. The molecule has 11 nitrogen and oxygen atoms in total. The minimum absolute atomic E-state index is 0.112. The van der Waals surface area contributed by atoms with E-state index in [9.17, 15) is 5.26 Å². The zero-order valence-corrected chi connectivity index (χ0v) is 38.1. The SMILES string of the molecule is C=N/C(=N\C=C/C)c1ccc2c3ccc(-c4ncccn4)cc3n(-c3ccc(-c4c(C(F)(F)F)cccc4C(F)(F)F)c(-n4c5cc(-c6ncccn6)ccc5c5ccc(-c6ncccn6)cc54)c3C#N)c2c1. The van der Waals surface area contributed by atoms with Crippen LogP contribution in [0, 0.1) is 11.3 Å². The van der Waals surface area contributed by atoms with E-state index < -0.39 is 34.6 Å². The number of nitriles is 1. The van der Waals surface area contributed by atoms with Gasteiger partial charge in [0, 0.05) is 98.3 Å². The van der Waals surface area contributed by atoms with Crippen LogP contribution in [0.5, 0.6) is 0 Å². The molecule has 0 N–H and O–H groups in total. The number of halogens is 6. The Kier molecular flexibility index (Phi) is 11.2. The van der Waals surface area contributed by atoms with Gasteiger partial charge in [-0.05, 0) is 74.3 Å². The molecule has 6 aromatic carbocycles. The van der Waals surface area contributed by atoms with Crippen molar-refractivity contribution < 1.29 is 26.3 Å². The summed E-state index contributed by atoms with van der Waals surface area (Å²) in [5.74, 6) is 1.22. The average Bonchev–Trinajstić information content (AvgIpc) is 3.92. The van der Waals surface area contributed by atoms with Gasteiger partial charge in [-0.3, -0.25) is 0 Å². The predicted molar refractivity (Wildman–Crippen MR) is 269 cm³/mol. The largest absolute Gasteiger partial charge is 0.417 e. The van der Waals surface area contributed by atoms with E-state index in [4.69, 9.17) is 0 Å². The van der Waals surface area contributed by atoms with E-state index in [1.165, 1.54) is 12.1 Å². The number of rotatable bonds is 8. The summed E-state index contributed by atoms with van der Waals surface area (Å²) in [6, 6.07) is 33.3. The summed E-state index contributed by atoms with van der Waals surface area (Å²) in [4.78, 5) is 35.4. The maximum atomic E-state index is 15.5. The first kappa shape index (κ1) is 45.7. The van der Waals surface area contributed by atoms with Crippen LogP contribution in [0.15, 0.2) is 181 Å². The number of amidine groups is 1. The Morgan fingerprint density at radius 2 is 1.00 bits per heavy atom. The molecule has 11 rings (SSSR count). The van der Waals surface area contributed by atoms with Crippen molar-refractivity contribution in [3.63, 3.8) is 0 Å². The van der Waals surface area contributed by atoms with Gasteiger partial charge in [0.15, 0.2) is 23.3 Å². The number of hydrogen-bond donors (Lipinski definition) is 0. The highest BCUT2D eigenvalue weighted by atomic mass is 19.4. The molecule has 5 heterocycles. The monoisotopic (exact) mass is 973 g/mol. The fourth-order valence-electron chi connectivity index (χ4n) is 9.42. The van der Waals surface area contributed by atoms with Crippen LogP contribution in [0.2, 0.25) is 0 Å². The summed E-state index contributed by atoms with van der Waals surface area (Å²) >= 11 is 0. The normalized spacial score (nSPS) is 12.4. The van der Waals surface area contributed by atoms with Crippen LogP contribution in [0.4, 0.5) is 26.3 Å². The fourth-order valence-corrected chi connectivity index (χ4v) is 9.42. The smallest absolute Gasteiger partial charge is 0.308 e. The zero-order valence-electron chi connectivity index (χ0n) is 38.1. The fraction of sp³-hybridized carbons (Fsp3) is 0.0536. The number of aliphatic imine (C=N–C) groups is 2. The van der Waals surface area contributed by atoms with Gasteiger partial charge < -0.3 is 9.13 Å². The third kappa shape index (κ3) is 7.91. The van der Waals surface area contributed by atoms with Gasteiger partial charge in [0.25, 0.3) is 0 Å². The maximum absolute atomic E-state index is 15.5. The van der Waals surface area contributed by atoms with Crippen molar-refractivity contribution in [2.24, 2.45) is 9.98 Å². The van der Waals surface area contributed by atoms with Crippen LogP contribution < -0.4 is 0 Å². The third-order valence-electron chi connectivity index (χ3n) is 12.4. The number of hydrogen-bond acceptors (Lipinski definition) is 8. The molecule has 11 aromatic rings. The Morgan fingerprint density at radius 3 is 1.42 bits per heavy atom. The van der Waals surface area contributed by atoms with E-state index in [0.29, 0.717) is 95.5 Å². The lowest BCUT2D eigenvalue weighted by molar-refractivity contribution is -0.142. The van der Waals surface area contributed by atoms with Gasteiger partial charge >= 0.3 is 12.4 Å². The topological polar surface area (TPSA) is 136 Å². The Balaban J connectivity index is 1.36. The van der Waals surface area contributed by atoms with Crippen LogP contribution >= 0.6 is 0 Å². The first-order valence-electron chi connectivity index (χ1n) is 22.4. The highest BCUT2D eigenvalue weighted by Crippen LogP contribution is 2.50. The number of nitrogens with zero attached hydrogens (tertiary/aromatic N) is 11. The molecule has 0 saturated heterocycles. The van der Waals surface area contributed by atoms with Crippen molar-refractivity contribution in [2.75, 3.05) is 0 Å². The highest BCUT2D eigenvalue weighted by molar-refractivity contribution is 6.14. The minimum Gasteiger partial charge on any atom is -0.308 e. The van der Waals surface area contributed by atoms with Crippen molar-refractivity contribution in [3.05, 3.63) is 193 Å². The zero-order chi connectivity index (χ0) is 50.6. The standard InChI is InChI=1S/C56H33F6N11/c1-3-20-65-51(64-2)32-10-14-36-37-15-11-33(52-66-21-5-22-67-52)28-46(37)72(45(36)27-32)44-19-18-40(49-42(55(57,58)59)8-4-9-43(49)56(60,61)62)50(41(44)31-63)73-47-29-34(53-68-23-6-24-69-53)12-16-38(47)39-17-13-35(30-48(39)73)54-70-25-7-26-71-54/h3-30H,2H2,1H3/b20-3-,65-51-. The van der Waals surface area contributed by atoms with Gasteiger partial charge in [-0.25, -0.2) is 39.9 Å². The average molecular weight is 974 g/mol. The molecule has 0 atom stereocenters. The Morgan fingerprint density at radius 1 is 0.562 bits per heavy atom. The summed E-state index contributed by atoms with van der Waals surface area (Å²) < 4.78 is 96.2. The van der Waals surface area contributed by atoms with Crippen LogP contribution in [0.25, 0.3) is 100 Å². The number of allylic oxidation sites excluding steroid dienone is 1. The van der Waals surface area contributed by atoms with Crippen LogP contribution in [0.3, 0.4) is 0 Å². The van der Waals surface area contributed by atoms with E-state index in [2.05, 4.69) is 52.7 Å².